The van der Waals surface area contributed by atoms with Crippen LogP contribution in [0, 0.1) is 21.3 Å². The van der Waals surface area contributed by atoms with E-state index >= 15 is 0 Å². The fourth-order valence-corrected chi connectivity index (χ4v) is 3.67. The van der Waals surface area contributed by atoms with E-state index in [-0.39, 0.29) is 0 Å². The van der Waals surface area contributed by atoms with Gasteiger partial charge in [0.05, 0.1) is 6.61 Å². The van der Waals surface area contributed by atoms with Crippen LogP contribution in [0.2, 0.25) is 0 Å². The summed E-state index contributed by atoms with van der Waals surface area (Å²) in [6.45, 7) is 0.932. The summed E-state index contributed by atoms with van der Waals surface area (Å²) in [6.07, 6.45) is 5.81. The lowest BCUT2D eigenvalue weighted by Crippen LogP contribution is -2.18. The van der Waals surface area contributed by atoms with Crippen molar-refractivity contribution in [2.75, 3.05) is 6.61 Å². The summed E-state index contributed by atoms with van der Waals surface area (Å²) in [5.41, 5.74) is 0. The van der Waals surface area contributed by atoms with Crippen molar-refractivity contribution in [1.29, 1.82) is 0 Å². The Kier molecular flexibility index (Phi) is 3.09. The Morgan fingerprint density at radius 2 is 1.94 bits per heavy atom. The van der Waals surface area contributed by atoms with Gasteiger partial charge in [0.2, 0.25) is 0 Å². The molecule has 2 heteroatoms. The summed E-state index contributed by atoms with van der Waals surface area (Å²) < 4.78 is 7.16. The van der Waals surface area contributed by atoms with E-state index in [4.69, 9.17) is 4.74 Å². The molecule has 0 aliphatic heterocycles. The second kappa shape index (κ2) is 4.55. The van der Waals surface area contributed by atoms with Crippen molar-refractivity contribution in [3.8, 4) is 5.75 Å². The average Bonchev–Trinajstić information content (AvgIpc) is 2.90. The van der Waals surface area contributed by atoms with Gasteiger partial charge in [0.15, 0.2) is 0 Å². The monoisotopic (exact) mass is 328 g/mol. The Morgan fingerprint density at radius 3 is 2.56 bits per heavy atom. The molecule has 1 aromatic rings. The molecule has 0 aromatic heterocycles. The molecule has 0 amide bonds. The molecular formula is C14H17IO. The van der Waals surface area contributed by atoms with Crippen molar-refractivity contribution in [3.05, 3.63) is 27.8 Å². The van der Waals surface area contributed by atoms with Gasteiger partial charge in [0, 0.05) is 3.57 Å². The molecule has 86 valence electrons. The molecule has 3 rings (SSSR count). The molecule has 0 saturated heterocycles. The zero-order valence-corrected chi connectivity index (χ0v) is 11.5. The molecule has 3 unspecified atom stereocenters. The van der Waals surface area contributed by atoms with Gasteiger partial charge in [-0.25, -0.2) is 0 Å². The number of hydrogen-bond acceptors (Lipinski definition) is 1. The molecule has 0 N–H and O–H groups in total. The van der Waals surface area contributed by atoms with Crippen LogP contribution in [0.4, 0.5) is 0 Å². The number of hydrogen-bond donors (Lipinski definition) is 0. The Labute approximate surface area is 111 Å². The molecule has 2 fully saturated rings. The van der Waals surface area contributed by atoms with Crippen LogP contribution in [0.5, 0.6) is 5.75 Å². The topological polar surface area (TPSA) is 9.23 Å². The summed E-state index contributed by atoms with van der Waals surface area (Å²) in [4.78, 5) is 0. The molecule has 0 heterocycles. The lowest BCUT2D eigenvalue weighted by atomic mass is 9.89. The highest BCUT2D eigenvalue weighted by molar-refractivity contribution is 14.1. The number of benzene rings is 1. The smallest absolute Gasteiger partial charge is 0.119 e. The van der Waals surface area contributed by atoms with E-state index in [0.29, 0.717) is 0 Å². The summed E-state index contributed by atoms with van der Waals surface area (Å²) in [6, 6.07) is 8.37. The van der Waals surface area contributed by atoms with Gasteiger partial charge in [-0.15, -0.1) is 0 Å². The van der Waals surface area contributed by atoms with Gasteiger partial charge < -0.3 is 4.74 Å². The third kappa shape index (κ3) is 2.22. The third-order valence-corrected chi connectivity index (χ3v) is 4.88. The highest BCUT2D eigenvalue weighted by atomic mass is 127. The summed E-state index contributed by atoms with van der Waals surface area (Å²) >= 11 is 2.32. The summed E-state index contributed by atoms with van der Waals surface area (Å²) in [7, 11) is 0. The minimum Gasteiger partial charge on any atom is -0.493 e. The van der Waals surface area contributed by atoms with Crippen LogP contribution in [-0.4, -0.2) is 6.61 Å². The molecule has 2 saturated carbocycles. The van der Waals surface area contributed by atoms with Crippen molar-refractivity contribution in [3.63, 3.8) is 0 Å². The fourth-order valence-electron chi connectivity index (χ4n) is 3.31. The predicted octanol–water partition coefficient (Wildman–Crippen LogP) is 4.11. The fraction of sp³-hybridized carbons (Fsp3) is 0.571. The SMILES string of the molecule is Ic1ccc(OCC2CC3CCC2C3)cc1. The number of halogens is 1. The minimum atomic E-state index is 0.832. The maximum absolute atomic E-state index is 5.89. The molecule has 1 nitrogen and oxygen atoms in total. The van der Waals surface area contributed by atoms with Crippen LogP contribution in [0.1, 0.15) is 25.7 Å². The molecule has 0 radical (unpaired) electrons. The molecule has 1 aromatic carbocycles. The van der Waals surface area contributed by atoms with Gasteiger partial charge in [-0.1, -0.05) is 6.42 Å². The number of fused-ring (bicyclic) bond motifs is 2. The van der Waals surface area contributed by atoms with Gasteiger partial charge in [-0.3, -0.25) is 0 Å². The Bertz CT molecular complexity index is 360. The van der Waals surface area contributed by atoms with E-state index < -0.39 is 0 Å². The van der Waals surface area contributed by atoms with Crippen LogP contribution in [0.3, 0.4) is 0 Å². The average molecular weight is 328 g/mol. The quantitative estimate of drug-likeness (QED) is 0.759. The van der Waals surface area contributed by atoms with E-state index in [1.54, 1.807) is 0 Å². The van der Waals surface area contributed by atoms with Crippen molar-refractivity contribution in [1.82, 2.24) is 0 Å². The van der Waals surface area contributed by atoms with Gasteiger partial charge in [-0.05, 0) is 83.9 Å². The van der Waals surface area contributed by atoms with Crippen molar-refractivity contribution in [2.24, 2.45) is 17.8 Å². The van der Waals surface area contributed by atoms with E-state index in [9.17, 15) is 0 Å². The third-order valence-electron chi connectivity index (χ3n) is 4.16. The highest BCUT2D eigenvalue weighted by Crippen LogP contribution is 2.48. The van der Waals surface area contributed by atoms with Gasteiger partial charge in [-0.2, -0.15) is 0 Å². The van der Waals surface area contributed by atoms with Crippen LogP contribution in [0.15, 0.2) is 24.3 Å². The molecule has 16 heavy (non-hydrogen) atoms. The number of ether oxygens (including phenoxy) is 1. The van der Waals surface area contributed by atoms with E-state index in [1.807, 2.05) is 0 Å². The lowest BCUT2D eigenvalue weighted by molar-refractivity contribution is 0.195. The zero-order chi connectivity index (χ0) is 11.0. The van der Waals surface area contributed by atoms with Crippen LogP contribution in [-0.2, 0) is 0 Å². The zero-order valence-electron chi connectivity index (χ0n) is 9.36. The Morgan fingerprint density at radius 1 is 1.12 bits per heavy atom. The van der Waals surface area contributed by atoms with Gasteiger partial charge in [0.25, 0.3) is 0 Å². The Hall–Kier alpha value is -0.250. The predicted molar refractivity (Wildman–Crippen MR) is 73.6 cm³/mol. The molecule has 2 bridgehead atoms. The first-order valence-corrected chi connectivity index (χ1v) is 7.27. The maximum Gasteiger partial charge on any atom is 0.119 e. The van der Waals surface area contributed by atoms with Crippen LogP contribution in [0.25, 0.3) is 0 Å². The molecule has 3 atom stereocenters. The normalized spacial score (nSPS) is 31.9. The van der Waals surface area contributed by atoms with Gasteiger partial charge >= 0.3 is 0 Å². The number of rotatable bonds is 3. The Balaban J connectivity index is 1.55. The first-order valence-electron chi connectivity index (χ1n) is 6.19. The summed E-state index contributed by atoms with van der Waals surface area (Å²) in [5, 5.41) is 0. The molecule has 2 aliphatic rings. The first kappa shape index (κ1) is 10.9. The van der Waals surface area contributed by atoms with Crippen molar-refractivity contribution >= 4 is 22.6 Å². The summed E-state index contributed by atoms with van der Waals surface area (Å²) in [5.74, 6) is 3.85. The van der Waals surface area contributed by atoms with Crippen molar-refractivity contribution in [2.45, 2.75) is 25.7 Å². The highest BCUT2D eigenvalue weighted by Gasteiger charge is 2.39. The maximum atomic E-state index is 5.89. The largest absolute Gasteiger partial charge is 0.493 e. The van der Waals surface area contributed by atoms with E-state index in [0.717, 1.165) is 30.1 Å². The first-order chi connectivity index (χ1) is 7.81. The minimum absolute atomic E-state index is 0.832. The molecular weight excluding hydrogens is 311 g/mol. The lowest BCUT2D eigenvalue weighted by Gasteiger charge is -2.21. The van der Waals surface area contributed by atoms with Crippen LogP contribution >= 0.6 is 22.6 Å². The second-order valence-corrected chi connectivity index (χ2v) is 6.45. The molecule has 2 aliphatic carbocycles. The van der Waals surface area contributed by atoms with Gasteiger partial charge in [0.1, 0.15) is 5.75 Å². The van der Waals surface area contributed by atoms with Crippen molar-refractivity contribution < 1.29 is 4.74 Å². The second-order valence-electron chi connectivity index (χ2n) is 5.20. The standard InChI is InChI=1S/C14H17IO/c15-13-3-5-14(6-4-13)16-9-12-8-10-1-2-11(12)7-10/h3-6,10-12H,1-2,7-9H2. The van der Waals surface area contributed by atoms with E-state index in [2.05, 4.69) is 46.9 Å². The van der Waals surface area contributed by atoms with E-state index in [1.165, 1.54) is 29.3 Å². The molecule has 0 spiro atoms. The van der Waals surface area contributed by atoms with Crippen LogP contribution < -0.4 is 4.74 Å².